The molecule has 4 N–H and O–H groups in total. The molecule has 0 bridgehead atoms. The normalized spacial score (nSPS) is 13.5. The summed E-state index contributed by atoms with van der Waals surface area (Å²) in [5.41, 5.74) is 10.1. The first-order valence-electron chi connectivity index (χ1n) is 9.64. The fourth-order valence-electron chi connectivity index (χ4n) is 3.63. The Hall–Kier alpha value is -3.61. The average Bonchev–Trinajstić information content (AvgIpc) is 3.22. The molecule has 2 heterocycles. The highest BCUT2D eigenvalue weighted by Gasteiger charge is 2.18. The second-order valence-corrected chi connectivity index (χ2v) is 7.23. The minimum Gasteiger partial charge on any atom is -0.371 e. The van der Waals surface area contributed by atoms with Gasteiger partial charge in [-0.05, 0) is 62.2 Å². The van der Waals surface area contributed by atoms with Crippen molar-refractivity contribution in [3.05, 3.63) is 70.1 Å². The van der Waals surface area contributed by atoms with Crippen LogP contribution in [0.4, 0.5) is 17.1 Å². The van der Waals surface area contributed by atoms with Crippen LogP contribution in [0.2, 0.25) is 0 Å². The number of primary amides is 1. The van der Waals surface area contributed by atoms with Gasteiger partial charge in [-0.3, -0.25) is 9.59 Å². The Balaban J connectivity index is 1.58. The van der Waals surface area contributed by atoms with E-state index in [1.165, 1.54) is 6.07 Å². The molecule has 0 radical (unpaired) electrons. The van der Waals surface area contributed by atoms with Crippen LogP contribution in [-0.4, -0.2) is 29.0 Å². The highest BCUT2D eigenvalue weighted by molar-refractivity contribution is 5.99. The monoisotopic (exact) mass is 389 g/mol. The summed E-state index contributed by atoms with van der Waals surface area (Å²) in [6, 6.07) is 14.7. The Morgan fingerprint density at radius 1 is 1.07 bits per heavy atom. The number of rotatable bonds is 5. The van der Waals surface area contributed by atoms with Crippen molar-refractivity contribution >= 4 is 23.0 Å². The van der Waals surface area contributed by atoms with E-state index >= 15 is 0 Å². The molecule has 4 rings (SSSR count). The van der Waals surface area contributed by atoms with Crippen molar-refractivity contribution in [1.29, 1.82) is 0 Å². The van der Waals surface area contributed by atoms with Crippen LogP contribution < -0.4 is 21.5 Å². The minimum atomic E-state index is -0.414. The quantitative estimate of drug-likeness (QED) is 0.622. The third-order valence-electron chi connectivity index (χ3n) is 5.03. The van der Waals surface area contributed by atoms with E-state index in [4.69, 9.17) is 5.73 Å². The van der Waals surface area contributed by atoms with E-state index in [0.717, 1.165) is 48.6 Å². The SMILES string of the molecule is Cc1cc(=O)[nH]c(-c2ccc(Nc3ccc(C(N)=O)c(N4CCCC4)c3)cc2)n1. The zero-order valence-corrected chi connectivity index (χ0v) is 16.2. The van der Waals surface area contributed by atoms with Gasteiger partial charge in [-0.15, -0.1) is 0 Å². The lowest BCUT2D eigenvalue weighted by molar-refractivity contribution is 0.100. The molecule has 3 aromatic rings. The lowest BCUT2D eigenvalue weighted by atomic mass is 10.1. The molecule has 148 valence electrons. The third kappa shape index (κ3) is 4.13. The average molecular weight is 389 g/mol. The molecule has 1 fully saturated rings. The van der Waals surface area contributed by atoms with Crippen LogP contribution in [0.25, 0.3) is 11.4 Å². The van der Waals surface area contributed by atoms with Crippen LogP contribution in [0.5, 0.6) is 0 Å². The number of hydrogen-bond acceptors (Lipinski definition) is 5. The molecule has 7 nitrogen and oxygen atoms in total. The Bertz CT molecular complexity index is 1100. The summed E-state index contributed by atoms with van der Waals surface area (Å²) in [4.78, 5) is 32.8. The first kappa shape index (κ1) is 18.7. The minimum absolute atomic E-state index is 0.168. The summed E-state index contributed by atoms with van der Waals surface area (Å²) in [5, 5.41) is 3.36. The van der Waals surface area contributed by atoms with E-state index in [1.807, 2.05) is 36.4 Å². The molecule has 0 spiro atoms. The van der Waals surface area contributed by atoms with E-state index in [-0.39, 0.29) is 5.56 Å². The Labute approximate surface area is 168 Å². The van der Waals surface area contributed by atoms with Gasteiger partial charge in [-0.2, -0.15) is 0 Å². The van der Waals surface area contributed by atoms with Crippen LogP contribution in [0.1, 0.15) is 28.9 Å². The summed E-state index contributed by atoms with van der Waals surface area (Å²) in [6.45, 7) is 3.66. The lowest BCUT2D eigenvalue weighted by Crippen LogP contribution is -2.23. The third-order valence-corrected chi connectivity index (χ3v) is 5.03. The molecule has 1 aliphatic heterocycles. The molecular formula is C22H23N5O2. The number of aromatic amines is 1. The second kappa shape index (κ2) is 7.79. The van der Waals surface area contributed by atoms with Crippen molar-refractivity contribution in [1.82, 2.24) is 9.97 Å². The zero-order valence-electron chi connectivity index (χ0n) is 16.2. The number of anilines is 3. The summed E-state index contributed by atoms with van der Waals surface area (Å²) in [7, 11) is 0. The molecule has 0 saturated carbocycles. The van der Waals surface area contributed by atoms with Crippen LogP contribution in [0, 0.1) is 6.92 Å². The molecule has 2 aromatic carbocycles. The van der Waals surface area contributed by atoms with Gasteiger partial charge in [0.05, 0.1) is 11.3 Å². The highest BCUT2D eigenvalue weighted by atomic mass is 16.1. The smallest absolute Gasteiger partial charge is 0.251 e. The lowest BCUT2D eigenvalue weighted by Gasteiger charge is -2.21. The zero-order chi connectivity index (χ0) is 20.4. The summed E-state index contributed by atoms with van der Waals surface area (Å²) in [5.74, 6) is 0.131. The molecular weight excluding hydrogens is 366 g/mol. The number of H-pyrrole nitrogens is 1. The summed E-state index contributed by atoms with van der Waals surface area (Å²) < 4.78 is 0. The summed E-state index contributed by atoms with van der Waals surface area (Å²) in [6.07, 6.45) is 2.23. The molecule has 0 unspecified atom stereocenters. The molecule has 29 heavy (non-hydrogen) atoms. The Morgan fingerprint density at radius 2 is 1.76 bits per heavy atom. The van der Waals surface area contributed by atoms with Gasteiger partial charge in [0.1, 0.15) is 5.82 Å². The van der Waals surface area contributed by atoms with Gasteiger partial charge in [0.15, 0.2) is 0 Å². The van der Waals surface area contributed by atoms with Crippen LogP contribution in [0.3, 0.4) is 0 Å². The van der Waals surface area contributed by atoms with Gasteiger partial charge >= 0.3 is 0 Å². The Morgan fingerprint density at radius 3 is 2.41 bits per heavy atom. The highest BCUT2D eigenvalue weighted by Crippen LogP contribution is 2.29. The van der Waals surface area contributed by atoms with Crippen molar-refractivity contribution < 1.29 is 4.79 Å². The van der Waals surface area contributed by atoms with E-state index < -0.39 is 5.91 Å². The van der Waals surface area contributed by atoms with Crippen LogP contribution >= 0.6 is 0 Å². The van der Waals surface area contributed by atoms with Gasteiger partial charge < -0.3 is 20.9 Å². The fourth-order valence-corrected chi connectivity index (χ4v) is 3.63. The van der Waals surface area contributed by atoms with Crippen molar-refractivity contribution in [3.63, 3.8) is 0 Å². The van der Waals surface area contributed by atoms with Gasteiger partial charge in [-0.1, -0.05) is 0 Å². The van der Waals surface area contributed by atoms with Gasteiger partial charge in [0.25, 0.3) is 11.5 Å². The number of nitrogens with two attached hydrogens (primary N) is 1. The molecule has 1 aromatic heterocycles. The van der Waals surface area contributed by atoms with E-state index in [0.29, 0.717) is 17.1 Å². The molecule has 7 heteroatoms. The first-order chi connectivity index (χ1) is 14.0. The maximum absolute atomic E-state index is 11.8. The number of nitrogens with one attached hydrogen (secondary N) is 2. The topological polar surface area (TPSA) is 104 Å². The second-order valence-electron chi connectivity index (χ2n) is 7.23. The molecule has 1 amide bonds. The number of carbonyl (C=O) groups is 1. The Kier molecular flexibility index (Phi) is 5.03. The van der Waals surface area contributed by atoms with Gasteiger partial charge in [0, 0.05) is 41.8 Å². The number of benzene rings is 2. The van der Waals surface area contributed by atoms with Gasteiger partial charge in [0.2, 0.25) is 0 Å². The van der Waals surface area contributed by atoms with Crippen molar-refractivity contribution in [2.75, 3.05) is 23.3 Å². The fraction of sp³-hybridized carbons (Fsp3) is 0.227. The number of carbonyl (C=O) groups excluding carboxylic acids is 1. The summed E-state index contributed by atoms with van der Waals surface area (Å²) >= 11 is 0. The standard InChI is InChI=1S/C22H23N5O2/c1-14-12-20(28)26-22(24-14)15-4-6-16(7-5-15)25-17-8-9-18(21(23)29)19(13-17)27-10-2-3-11-27/h4-9,12-13,25H,2-3,10-11H2,1H3,(H2,23,29)(H,24,26,28). The van der Waals surface area contributed by atoms with E-state index in [1.54, 1.807) is 13.0 Å². The predicted octanol–water partition coefficient (Wildman–Crippen LogP) is 3.19. The van der Waals surface area contributed by atoms with Crippen molar-refractivity contribution in [3.8, 4) is 11.4 Å². The molecule has 1 saturated heterocycles. The maximum atomic E-state index is 11.8. The molecule has 0 aliphatic carbocycles. The molecule has 0 atom stereocenters. The predicted molar refractivity (Wildman–Crippen MR) is 115 cm³/mol. The number of aryl methyl sites for hydroxylation is 1. The number of aromatic nitrogens is 2. The first-order valence-corrected chi connectivity index (χ1v) is 9.64. The largest absolute Gasteiger partial charge is 0.371 e. The van der Waals surface area contributed by atoms with Crippen LogP contribution in [0.15, 0.2) is 53.3 Å². The van der Waals surface area contributed by atoms with E-state index in [9.17, 15) is 9.59 Å². The maximum Gasteiger partial charge on any atom is 0.251 e. The van der Waals surface area contributed by atoms with Crippen molar-refractivity contribution in [2.24, 2.45) is 5.73 Å². The van der Waals surface area contributed by atoms with Crippen molar-refractivity contribution in [2.45, 2.75) is 19.8 Å². The number of nitrogens with zero attached hydrogens (tertiary/aromatic N) is 2. The van der Waals surface area contributed by atoms with E-state index in [2.05, 4.69) is 20.2 Å². The van der Waals surface area contributed by atoms with Gasteiger partial charge in [-0.25, -0.2) is 4.98 Å². The number of amides is 1. The van der Waals surface area contributed by atoms with Crippen LogP contribution in [-0.2, 0) is 0 Å². The molecule has 1 aliphatic rings. The number of hydrogen-bond donors (Lipinski definition) is 3.